The van der Waals surface area contributed by atoms with Gasteiger partial charge < -0.3 is 4.74 Å². The van der Waals surface area contributed by atoms with Crippen molar-refractivity contribution < 1.29 is 4.74 Å². The maximum absolute atomic E-state index is 5.54. The van der Waals surface area contributed by atoms with E-state index in [2.05, 4.69) is 34.6 Å². The second-order valence-corrected chi connectivity index (χ2v) is 3.71. The summed E-state index contributed by atoms with van der Waals surface area (Å²) in [5.74, 6) is 1.41. The van der Waals surface area contributed by atoms with E-state index in [0.717, 1.165) is 13.0 Å². The number of hydrogen-bond donors (Lipinski definition) is 0. The van der Waals surface area contributed by atoms with Crippen LogP contribution >= 0.6 is 0 Å². The number of rotatable bonds is 3. The van der Waals surface area contributed by atoms with Crippen molar-refractivity contribution in [2.24, 2.45) is 0 Å². The fourth-order valence-corrected chi connectivity index (χ4v) is 0.442. The zero-order valence-corrected chi connectivity index (χ0v) is 7.82. The Labute approximate surface area is 64.8 Å². The highest BCUT2D eigenvalue weighted by atomic mass is 16.5. The summed E-state index contributed by atoms with van der Waals surface area (Å²) in [6.45, 7) is 11.3. The summed E-state index contributed by atoms with van der Waals surface area (Å²) in [6, 6.07) is 0. The van der Waals surface area contributed by atoms with Crippen LogP contribution in [0.15, 0.2) is 0 Å². The van der Waals surface area contributed by atoms with Crippen LogP contribution in [0.25, 0.3) is 0 Å². The van der Waals surface area contributed by atoms with Gasteiger partial charge in [-0.15, -0.1) is 0 Å². The fraction of sp³-hybridized carbons (Fsp3) is 0.889. The Bertz CT molecular complexity index is 81.2. The van der Waals surface area contributed by atoms with Crippen LogP contribution in [0.4, 0.5) is 0 Å². The number of ether oxygens (including phenoxy) is 1. The SMILES string of the molecule is CC[C](C)COC(C)(C)C. The molecule has 0 amide bonds. The van der Waals surface area contributed by atoms with Gasteiger partial charge in [0.15, 0.2) is 0 Å². The lowest BCUT2D eigenvalue weighted by Crippen LogP contribution is -2.21. The molecule has 1 heteroatoms. The average molecular weight is 143 g/mol. The third-order valence-corrected chi connectivity index (χ3v) is 1.36. The summed E-state index contributed by atoms with van der Waals surface area (Å²) in [6.07, 6.45) is 1.12. The molecule has 0 aliphatic carbocycles. The van der Waals surface area contributed by atoms with Crippen LogP contribution in [0.1, 0.15) is 41.0 Å². The summed E-state index contributed by atoms with van der Waals surface area (Å²) in [7, 11) is 0. The Balaban J connectivity index is 3.36. The Kier molecular flexibility index (Phi) is 3.95. The Hall–Kier alpha value is -0.0400. The first kappa shape index (κ1) is 9.96. The minimum atomic E-state index is 0.0103. The van der Waals surface area contributed by atoms with Crippen molar-refractivity contribution in [3.05, 3.63) is 5.92 Å². The highest BCUT2D eigenvalue weighted by molar-refractivity contribution is 4.82. The summed E-state index contributed by atoms with van der Waals surface area (Å²) in [4.78, 5) is 0. The van der Waals surface area contributed by atoms with Crippen LogP contribution in [0.3, 0.4) is 0 Å². The van der Waals surface area contributed by atoms with Crippen molar-refractivity contribution in [1.82, 2.24) is 0 Å². The quantitative estimate of drug-likeness (QED) is 0.590. The molecule has 0 aromatic heterocycles. The molecule has 0 N–H and O–H groups in total. The summed E-state index contributed by atoms with van der Waals surface area (Å²) < 4.78 is 5.54. The molecule has 0 aliphatic heterocycles. The molecule has 0 fully saturated rings. The van der Waals surface area contributed by atoms with Crippen molar-refractivity contribution >= 4 is 0 Å². The molecule has 61 valence electrons. The largest absolute Gasteiger partial charge is 0.375 e. The van der Waals surface area contributed by atoms with E-state index in [9.17, 15) is 0 Å². The summed E-state index contributed by atoms with van der Waals surface area (Å²) in [5.41, 5.74) is 0.0103. The molecule has 0 spiro atoms. The standard InChI is InChI=1S/C9H19O/c1-6-8(2)7-10-9(3,4)5/h6-7H2,1-5H3. The van der Waals surface area contributed by atoms with E-state index in [1.165, 1.54) is 5.92 Å². The van der Waals surface area contributed by atoms with Crippen LogP contribution in [0.2, 0.25) is 0 Å². The van der Waals surface area contributed by atoms with Crippen molar-refractivity contribution in [2.75, 3.05) is 6.61 Å². The van der Waals surface area contributed by atoms with Crippen LogP contribution < -0.4 is 0 Å². The molecule has 1 radical (unpaired) electrons. The topological polar surface area (TPSA) is 9.23 Å². The zero-order valence-electron chi connectivity index (χ0n) is 7.82. The van der Waals surface area contributed by atoms with Gasteiger partial charge in [-0.3, -0.25) is 0 Å². The van der Waals surface area contributed by atoms with Crippen LogP contribution in [0, 0.1) is 5.92 Å². The Morgan fingerprint density at radius 2 is 1.80 bits per heavy atom. The van der Waals surface area contributed by atoms with Gasteiger partial charge in [-0.1, -0.05) is 13.8 Å². The highest BCUT2D eigenvalue weighted by Crippen LogP contribution is 2.11. The lowest BCUT2D eigenvalue weighted by Gasteiger charge is -2.21. The van der Waals surface area contributed by atoms with E-state index >= 15 is 0 Å². The maximum Gasteiger partial charge on any atom is 0.0598 e. The monoisotopic (exact) mass is 143 g/mol. The maximum atomic E-state index is 5.54. The van der Waals surface area contributed by atoms with Gasteiger partial charge in [0.05, 0.1) is 12.2 Å². The van der Waals surface area contributed by atoms with E-state index in [1.807, 2.05) is 0 Å². The second kappa shape index (κ2) is 3.97. The smallest absolute Gasteiger partial charge is 0.0598 e. The molecule has 0 rings (SSSR count). The zero-order chi connectivity index (χ0) is 8.20. The minimum Gasteiger partial charge on any atom is -0.375 e. The lowest BCUT2D eigenvalue weighted by molar-refractivity contribution is 0.00296. The second-order valence-electron chi connectivity index (χ2n) is 3.71. The average Bonchev–Trinajstić information content (AvgIpc) is 1.81. The molecule has 0 aliphatic rings. The highest BCUT2D eigenvalue weighted by Gasteiger charge is 2.11. The lowest BCUT2D eigenvalue weighted by atomic mass is 10.1. The van der Waals surface area contributed by atoms with Gasteiger partial charge in [0.2, 0.25) is 0 Å². The van der Waals surface area contributed by atoms with Gasteiger partial charge in [-0.05, 0) is 33.1 Å². The predicted octanol–water partition coefficient (Wildman–Crippen LogP) is 2.81. The van der Waals surface area contributed by atoms with Crippen LogP contribution in [-0.4, -0.2) is 12.2 Å². The molecule has 10 heavy (non-hydrogen) atoms. The molecular formula is C9H19O. The van der Waals surface area contributed by atoms with Gasteiger partial charge >= 0.3 is 0 Å². The van der Waals surface area contributed by atoms with Crippen molar-refractivity contribution in [3.63, 3.8) is 0 Å². The molecule has 0 saturated heterocycles. The van der Waals surface area contributed by atoms with Gasteiger partial charge in [0, 0.05) is 0 Å². The van der Waals surface area contributed by atoms with Crippen molar-refractivity contribution in [1.29, 1.82) is 0 Å². The van der Waals surface area contributed by atoms with Crippen LogP contribution in [-0.2, 0) is 4.74 Å². The fourth-order valence-electron chi connectivity index (χ4n) is 0.442. The van der Waals surface area contributed by atoms with Crippen molar-refractivity contribution in [2.45, 2.75) is 46.6 Å². The first-order valence-corrected chi connectivity index (χ1v) is 3.91. The Morgan fingerprint density at radius 1 is 1.30 bits per heavy atom. The molecule has 0 atom stereocenters. The van der Waals surface area contributed by atoms with Crippen LogP contribution in [0.5, 0.6) is 0 Å². The van der Waals surface area contributed by atoms with E-state index in [1.54, 1.807) is 0 Å². The Morgan fingerprint density at radius 3 is 2.10 bits per heavy atom. The van der Waals surface area contributed by atoms with Gasteiger partial charge in [-0.2, -0.15) is 0 Å². The molecular weight excluding hydrogens is 124 g/mol. The van der Waals surface area contributed by atoms with Gasteiger partial charge in [-0.25, -0.2) is 0 Å². The first-order valence-electron chi connectivity index (χ1n) is 3.91. The van der Waals surface area contributed by atoms with E-state index in [-0.39, 0.29) is 5.60 Å². The summed E-state index contributed by atoms with van der Waals surface area (Å²) in [5, 5.41) is 0. The third kappa shape index (κ3) is 6.09. The predicted molar refractivity (Wildman–Crippen MR) is 44.9 cm³/mol. The molecule has 0 aromatic carbocycles. The third-order valence-electron chi connectivity index (χ3n) is 1.36. The molecule has 0 heterocycles. The van der Waals surface area contributed by atoms with E-state index in [4.69, 9.17) is 4.74 Å². The van der Waals surface area contributed by atoms with E-state index < -0.39 is 0 Å². The molecule has 0 unspecified atom stereocenters. The minimum absolute atomic E-state index is 0.0103. The molecule has 0 aromatic rings. The van der Waals surface area contributed by atoms with Crippen molar-refractivity contribution in [3.8, 4) is 0 Å². The van der Waals surface area contributed by atoms with E-state index in [0.29, 0.717) is 0 Å². The molecule has 1 nitrogen and oxygen atoms in total. The van der Waals surface area contributed by atoms with Gasteiger partial charge in [0.1, 0.15) is 0 Å². The normalized spacial score (nSPS) is 12.6. The molecule has 0 saturated carbocycles. The number of hydrogen-bond acceptors (Lipinski definition) is 1. The molecule has 0 bridgehead atoms. The van der Waals surface area contributed by atoms with Gasteiger partial charge in [0.25, 0.3) is 0 Å². The first-order chi connectivity index (χ1) is 4.45. The summed E-state index contributed by atoms with van der Waals surface area (Å²) >= 11 is 0.